The molecule has 6 nitrogen and oxygen atoms in total. The van der Waals surface area contributed by atoms with Gasteiger partial charge in [0.2, 0.25) is 0 Å². The Labute approximate surface area is 303 Å². The highest BCUT2D eigenvalue weighted by Gasteiger charge is 2.44. The number of aliphatic hydroxyl groups excluding tert-OH is 4. The molecule has 0 bridgehead atoms. The van der Waals surface area contributed by atoms with Gasteiger partial charge >= 0.3 is 0 Å². The van der Waals surface area contributed by atoms with E-state index in [2.05, 4.69) is 24.3 Å². The first kappa shape index (κ1) is 38.1. The second-order valence-electron chi connectivity index (χ2n) is 13.6. The molecule has 0 saturated carbocycles. The van der Waals surface area contributed by atoms with E-state index in [1.54, 1.807) is 6.92 Å². The standard InChI is InChI=1S/C45H52O6/c1-33(48)42(37-22-12-5-13-23-37)29-45(51-32-47,39-26-16-7-17-27-39)30-43(38-24-14-6-15-25-38)44(49)41(36-20-10-4-11-21-36)28-40(34(2)50-31-46)35-18-8-3-9-19-35/h3-27,33-34,40-44,46-49H,28-32H2,1-2H3. The number of hydrogen-bond donors (Lipinski definition) is 4. The van der Waals surface area contributed by atoms with Gasteiger partial charge in [-0.2, -0.15) is 0 Å². The molecule has 5 aromatic rings. The van der Waals surface area contributed by atoms with Crippen LogP contribution in [0.2, 0.25) is 0 Å². The summed E-state index contributed by atoms with van der Waals surface area (Å²) in [5, 5.41) is 44.6. The summed E-state index contributed by atoms with van der Waals surface area (Å²) in [6.07, 6.45) is -0.729. The molecule has 6 heteroatoms. The average molecular weight is 689 g/mol. The zero-order valence-electron chi connectivity index (χ0n) is 29.6. The van der Waals surface area contributed by atoms with E-state index in [1.807, 2.05) is 134 Å². The molecule has 51 heavy (non-hydrogen) atoms. The largest absolute Gasteiger partial charge is 0.393 e. The monoisotopic (exact) mass is 688 g/mol. The molecule has 0 fully saturated rings. The van der Waals surface area contributed by atoms with Crippen LogP contribution in [-0.4, -0.2) is 52.3 Å². The third-order valence-electron chi connectivity index (χ3n) is 10.5. The molecule has 0 spiro atoms. The van der Waals surface area contributed by atoms with Crippen molar-refractivity contribution in [2.45, 2.75) is 80.7 Å². The van der Waals surface area contributed by atoms with Gasteiger partial charge in [0.25, 0.3) is 0 Å². The summed E-state index contributed by atoms with van der Waals surface area (Å²) >= 11 is 0. The lowest BCUT2D eigenvalue weighted by Crippen LogP contribution is -2.40. The zero-order valence-corrected chi connectivity index (χ0v) is 29.6. The van der Waals surface area contributed by atoms with E-state index in [9.17, 15) is 20.4 Å². The third kappa shape index (κ3) is 9.80. The minimum Gasteiger partial charge on any atom is -0.393 e. The predicted molar refractivity (Wildman–Crippen MR) is 202 cm³/mol. The molecule has 0 aromatic heterocycles. The Morgan fingerprint density at radius 1 is 0.490 bits per heavy atom. The minimum atomic E-state index is -1.09. The van der Waals surface area contributed by atoms with Gasteiger partial charge < -0.3 is 29.9 Å². The maximum absolute atomic E-state index is 13.0. The Balaban J connectivity index is 1.65. The first-order chi connectivity index (χ1) is 24.9. The van der Waals surface area contributed by atoms with Crippen LogP contribution in [0.1, 0.15) is 84.6 Å². The summed E-state index contributed by atoms with van der Waals surface area (Å²) < 4.78 is 12.3. The second kappa shape index (κ2) is 18.9. The Kier molecular flexibility index (Phi) is 14.1. The van der Waals surface area contributed by atoms with E-state index < -0.39 is 37.3 Å². The summed E-state index contributed by atoms with van der Waals surface area (Å²) in [4.78, 5) is 0. The highest BCUT2D eigenvalue weighted by atomic mass is 16.6. The molecule has 0 aliphatic heterocycles. The average Bonchev–Trinajstić information content (AvgIpc) is 3.18. The molecule has 4 N–H and O–H groups in total. The molecular weight excluding hydrogens is 636 g/mol. The third-order valence-corrected chi connectivity index (χ3v) is 10.5. The van der Waals surface area contributed by atoms with Crippen LogP contribution < -0.4 is 0 Å². The first-order valence-corrected chi connectivity index (χ1v) is 18.0. The van der Waals surface area contributed by atoms with E-state index in [-0.39, 0.29) is 23.9 Å². The van der Waals surface area contributed by atoms with Crippen LogP contribution in [0.4, 0.5) is 0 Å². The molecule has 5 rings (SSSR count). The fourth-order valence-electron chi connectivity index (χ4n) is 7.76. The van der Waals surface area contributed by atoms with Crippen molar-refractivity contribution >= 4 is 0 Å². The Morgan fingerprint density at radius 3 is 1.31 bits per heavy atom. The van der Waals surface area contributed by atoms with Crippen molar-refractivity contribution in [3.63, 3.8) is 0 Å². The molecule has 268 valence electrons. The van der Waals surface area contributed by atoms with Crippen LogP contribution in [-0.2, 0) is 15.1 Å². The molecule has 0 aliphatic carbocycles. The maximum atomic E-state index is 13.0. The lowest BCUT2D eigenvalue weighted by molar-refractivity contribution is -0.144. The van der Waals surface area contributed by atoms with Crippen LogP contribution in [0.15, 0.2) is 152 Å². The van der Waals surface area contributed by atoms with E-state index >= 15 is 0 Å². The van der Waals surface area contributed by atoms with Crippen molar-refractivity contribution in [1.29, 1.82) is 0 Å². The van der Waals surface area contributed by atoms with Gasteiger partial charge in [-0.1, -0.05) is 152 Å². The van der Waals surface area contributed by atoms with Crippen molar-refractivity contribution in [2.24, 2.45) is 0 Å². The van der Waals surface area contributed by atoms with Crippen molar-refractivity contribution < 1.29 is 29.9 Å². The zero-order chi connectivity index (χ0) is 36.1. The van der Waals surface area contributed by atoms with Gasteiger partial charge in [0.1, 0.15) is 13.6 Å². The molecule has 8 unspecified atom stereocenters. The van der Waals surface area contributed by atoms with Gasteiger partial charge in [-0.3, -0.25) is 0 Å². The van der Waals surface area contributed by atoms with Gasteiger partial charge in [-0.25, -0.2) is 0 Å². The van der Waals surface area contributed by atoms with Crippen LogP contribution in [0.3, 0.4) is 0 Å². The number of ether oxygens (including phenoxy) is 2. The normalized spacial score (nSPS) is 17.0. The van der Waals surface area contributed by atoms with Gasteiger partial charge in [0, 0.05) is 23.7 Å². The highest BCUT2D eigenvalue weighted by molar-refractivity contribution is 5.32. The van der Waals surface area contributed by atoms with Gasteiger partial charge in [0.05, 0.1) is 23.9 Å². The topological polar surface area (TPSA) is 99.4 Å². The molecule has 0 saturated heterocycles. The highest BCUT2D eigenvalue weighted by Crippen LogP contribution is 2.48. The van der Waals surface area contributed by atoms with Crippen LogP contribution in [0.25, 0.3) is 0 Å². The molecule has 0 radical (unpaired) electrons. The van der Waals surface area contributed by atoms with Crippen LogP contribution in [0, 0.1) is 0 Å². The summed E-state index contributed by atoms with van der Waals surface area (Å²) in [5.74, 6) is -1.27. The Hall–Kier alpha value is -4.14. The first-order valence-electron chi connectivity index (χ1n) is 18.0. The molecule has 0 aliphatic rings. The van der Waals surface area contributed by atoms with Crippen molar-refractivity contribution in [2.75, 3.05) is 13.6 Å². The van der Waals surface area contributed by atoms with Gasteiger partial charge in [0.15, 0.2) is 0 Å². The van der Waals surface area contributed by atoms with Gasteiger partial charge in [-0.05, 0) is 60.9 Å². The number of hydrogen-bond acceptors (Lipinski definition) is 6. The maximum Gasteiger partial charge on any atom is 0.144 e. The van der Waals surface area contributed by atoms with E-state index in [1.165, 1.54) is 0 Å². The Bertz CT molecular complexity index is 1670. The smallest absolute Gasteiger partial charge is 0.144 e. The van der Waals surface area contributed by atoms with Crippen molar-refractivity contribution in [3.8, 4) is 0 Å². The lowest BCUT2D eigenvalue weighted by atomic mass is 9.69. The van der Waals surface area contributed by atoms with Gasteiger partial charge in [-0.15, -0.1) is 0 Å². The number of benzene rings is 5. The quantitative estimate of drug-likeness (QED) is 0.0653. The van der Waals surface area contributed by atoms with E-state index in [4.69, 9.17) is 9.47 Å². The summed E-state index contributed by atoms with van der Waals surface area (Å²) in [6.45, 7) is 2.81. The summed E-state index contributed by atoms with van der Waals surface area (Å²) in [6, 6.07) is 50.0. The molecule has 8 atom stereocenters. The fraction of sp³-hybridized carbons (Fsp3) is 0.333. The fourth-order valence-corrected chi connectivity index (χ4v) is 7.76. The molecule has 0 amide bonds. The summed E-state index contributed by atoms with van der Waals surface area (Å²) in [5.41, 5.74) is 3.73. The minimum absolute atomic E-state index is 0.139. The number of rotatable bonds is 19. The lowest BCUT2D eigenvalue weighted by Gasteiger charge is -2.43. The second-order valence-corrected chi connectivity index (χ2v) is 13.6. The van der Waals surface area contributed by atoms with Crippen molar-refractivity contribution in [3.05, 3.63) is 179 Å². The predicted octanol–water partition coefficient (Wildman–Crippen LogP) is 8.25. The molecular formula is C45H52O6. The molecule has 5 aromatic carbocycles. The molecule has 0 heterocycles. The SMILES string of the molecule is CC(O)C(CC(CC(c1ccccc1)C(O)C(CC(c1ccccc1)C(C)OCO)c1ccccc1)(OCO)c1ccccc1)c1ccccc1. The van der Waals surface area contributed by atoms with Crippen LogP contribution in [0.5, 0.6) is 0 Å². The number of aliphatic hydroxyl groups is 4. The summed E-state index contributed by atoms with van der Waals surface area (Å²) in [7, 11) is 0. The van der Waals surface area contributed by atoms with Crippen LogP contribution >= 0.6 is 0 Å². The van der Waals surface area contributed by atoms with Crippen molar-refractivity contribution in [1.82, 2.24) is 0 Å². The Morgan fingerprint density at radius 2 is 0.882 bits per heavy atom. The van der Waals surface area contributed by atoms with E-state index in [0.717, 1.165) is 27.8 Å². The van der Waals surface area contributed by atoms with E-state index in [0.29, 0.717) is 19.3 Å².